The molecule has 3 amide bonds. The monoisotopic (exact) mass is 519 g/mol. The van der Waals surface area contributed by atoms with Crippen LogP contribution in [0.2, 0.25) is 0 Å². The summed E-state index contributed by atoms with van der Waals surface area (Å²) in [6, 6.07) is 5.31. The quantitative estimate of drug-likeness (QED) is 0.168. The summed E-state index contributed by atoms with van der Waals surface area (Å²) in [4.78, 5) is 50.9. The predicted molar refractivity (Wildman–Crippen MR) is 143 cm³/mol. The second kappa shape index (κ2) is 16.7. The summed E-state index contributed by atoms with van der Waals surface area (Å²) in [5.41, 5.74) is 12.4. The van der Waals surface area contributed by atoms with Gasteiger partial charge in [-0.3, -0.25) is 14.4 Å². The minimum Gasteiger partial charge on any atom is -0.480 e. The molecule has 1 aromatic carbocycles. The SMILES string of the molecule is CC(C)CC(N)C(=O)NC(CCCCN)C(=O)NC(Cc1ccccc1)C(=O)NC(CC(C)C)C(=O)O. The number of carbonyl (C=O) groups is 4. The standard InChI is InChI=1S/C27H45N5O5/c1-17(2)14-20(29)24(33)30-21(12-8-9-13-28)25(34)31-22(16-19-10-6-5-7-11-19)26(35)32-23(27(36)37)15-18(3)4/h5-7,10-11,17-18,20-23H,8-9,12-16,28-29H2,1-4H3,(H,30,33)(H,31,34)(H,32,35)(H,36,37). The van der Waals surface area contributed by atoms with Crippen LogP contribution in [0, 0.1) is 11.8 Å². The molecule has 0 saturated carbocycles. The molecule has 1 aromatic rings. The summed E-state index contributed by atoms with van der Waals surface area (Å²) in [5.74, 6) is -2.47. The first-order valence-corrected chi connectivity index (χ1v) is 13.1. The fourth-order valence-electron chi connectivity index (χ4n) is 3.95. The Morgan fingerprint density at radius 2 is 1.32 bits per heavy atom. The number of rotatable bonds is 17. The van der Waals surface area contributed by atoms with E-state index in [1.54, 1.807) is 0 Å². The first-order valence-electron chi connectivity index (χ1n) is 13.1. The topological polar surface area (TPSA) is 177 Å². The zero-order chi connectivity index (χ0) is 28.0. The van der Waals surface area contributed by atoms with Crippen LogP contribution in [0.4, 0.5) is 0 Å². The Kier molecular flexibility index (Phi) is 14.5. The van der Waals surface area contributed by atoms with Gasteiger partial charge in [0.05, 0.1) is 6.04 Å². The number of aliphatic carboxylic acids is 1. The van der Waals surface area contributed by atoms with Crippen molar-refractivity contribution in [2.75, 3.05) is 6.54 Å². The molecule has 0 radical (unpaired) electrons. The molecule has 1 rings (SSSR count). The molecule has 0 fully saturated rings. The van der Waals surface area contributed by atoms with Crippen LogP contribution in [0.5, 0.6) is 0 Å². The smallest absolute Gasteiger partial charge is 0.326 e. The van der Waals surface area contributed by atoms with Gasteiger partial charge in [-0.05, 0) is 56.0 Å². The lowest BCUT2D eigenvalue weighted by molar-refractivity contribution is -0.142. The third-order valence-corrected chi connectivity index (χ3v) is 5.88. The average molecular weight is 520 g/mol. The molecule has 8 N–H and O–H groups in total. The lowest BCUT2D eigenvalue weighted by Crippen LogP contribution is -2.57. The van der Waals surface area contributed by atoms with E-state index in [4.69, 9.17) is 11.5 Å². The van der Waals surface area contributed by atoms with E-state index in [1.807, 2.05) is 58.0 Å². The molecular weight excluding hydrogens is 474 g/mol. The molecule has 10 nitrogen and oxygen atoms in total. The number of carboxylic acids is 1. The van der Waals surface area contributed by atoms with E-state index >= 15 is 0 Å². The Labute approximate surface area is 220 Å². The zero-order valence-electron chi connectivity index (χ0n) is 22.5. The highest BCUT2D eigenvalue weighted by Crippen LogP contribution is 2.10. The van der Waals surface area contributed by atoms with Crippen molar-refractivity contribution in [2.24, 2.45) is 23.3 Å². The summed E-state index contributed by atoms with van der Waals surface area (Å²) < 4.78 is 0. The van der Waals surface area contributed by atoms with E-state index in [0.717, 1.165) is 5.56 Å². The molecule has 0 aromatic heterocycles. The number of hydrogen-bond acceptors (Lipinski definition) is 6. The van der Waals surface area contributed by atoms with E-state index in [-0.39, 0.29) is 24.7 Å². The van der Waals surface area contributed by atoms with Crippen LogP contribution in [0.3, 0.4) is 0 Å². The maximum Gasteiger partial charge on any atom is 0.326 e. The largest absolute Gasteiger partial charge is 0.480 e. The lowest BCUT2D eigenvalue weighted by atomic mass is 10.0. The van der Waals surface area contributed by atoms with Crippen LogP contribution in [0.25, 0.3) is 0 Å². The van der Waals surface area contributed by atoms with Gasteiger partial charge < -0.3 is 32.5 Å². The van der Waals surface area contributed by atoms with Gasteiger partial charge in [0.2, 0.25) is 17.7 Å². The Balaban J connectivity index is 3.11. The van der Waals surface area contributed by atoms with Crippen LogP contribution in [-0.2, 0) is 25.6 Å². The molecule has 0 bridgehead atoms. The number of benzene rings is 1. The van der Waals surface area contributed by atoms with Crippen molar-refractivity contribution in [2.45, 2.75) is 90.4 Å². The highest BCUT2D eigenvalue weighted by molar-refractivity contribution is 5.94. The number of unbranched alkanes of at least 4 members (excludes halogenated alkanes) is 1. The van der Waals surface area contributed by atoms with E-state index < -0.39 is 47.9 Å². The Morgan fingerprint density at radius 1 is 0.784 bits per heavy atom. The number of nitrogens with two attached hydrogens (primary N) is 2. The van der Waals surface area contributed by atoms with Gasteiger partial charge in [0.1, 0.15) is 18.1 Å². The van der Waals surface area contributed by atoms with E-state index in [9.17, 15) is 24.3 Å². The molecule has 37 heavy (non-hydrogen) atoms. The second-order valence-electron chi connectivity index (χ2n) is 10.4. The molecule has 10 heteroatoms. The molecule has 0 aliphatic rings. The van der Waals surface area contributed by atoms with Crippen molar-refractivity contribution in [1.82, 2.24) is 16.0 Å². The number of amides is 3. The van der Waals surface area contributed by atoms with Crippen molar-refractivity contribution in [1.29, 1.82) is 0 Å². The number of nitrogens with one attached hydrogen (secondary N) is 3. The van der Waals surface area contributed by atoms with Crippen molar-refractivity contribution in [3.63, 3.8) is 0 Å². The van der Waals surface area contributed by atoms with Gasteiger partial charge in [-0.15, -0.1) is 0 Å². The van der Waals surface area contributed by atoms with Crippen molar-refractivity contribution in [3.05, 3.63) is 35.9 Å². The molecule has 4 unspecified atom stereocenters. The Hall–Kier alpha value is -2.98. The Bertz CT molecular complexity index is 862. The van der Waals surface area contributed by atoms with Gasteiger partial charge >= 0.3 is 5.97 Å². The van der Waals surface area contributed by atoms with Crippen LogP contribution in [-0.4, -0.2) is 59.5 Å². The summed E-state index contributed by atoms with van der Waals surface area (Å²) in [6.45, 7) is 8.08. The molecule has 0 aliphatic heterocycles. The van der Waals surface area contributed by atoms with E-state index in [0.29, 0.717) is 32.2 Å². The van der Waals surface area contributed by atoms with Gasteiger partial charge in [-0.1, -0.05) is 58.0 Å². The number of hydrogen-bond donors (Lipinski definition) is 6. The summed E-state index contributed by atoms with van der Waals surface area (Å²) in [6.07, 6.45) is 2.46. The molecule has 0 aliphatic carbocycles. The highest BCUT2D eigenvalue weighted by Gasteiger charge is 2.30. The summed E-state index contributed by atoms with van der Waals surface area (Å²) >= 11 is 0. The maximum atomic E-state index is 13.3. The molecule has 0 saturated heterocycles. The normalized spacial score (nSPS) is 14.5. The van der Waals surface area contributed by atoms with Gasteiger partial charge in [-0.25, -0.2) is 4.79 Å². The first kappa shape index (κ1) is 32.0. The van der Waals surface area contributed by atoms with Crippen LogP contribution in [0.15, 0.2) is 30.3 Å². The Morgan fingerprint density at radius 3 is 1.86 bits per heavy atom. The first-order chi connectivity index (χ1) is 17.4. The number of carbonyl (C=O) groups excluding carboxylic acids is 3. The third-order valence-electron chi connectivity index (χ3n) is 5.88. The van der Waals surface area contributed by atoms with Crippen molar-refractivity contribution < 1.29 is 24.3 Å². The van der Waals surface area contributed by atoms with E-state index in [2.05, 4.69) is 16.0 Å². The van der Waals surface area contributed by atoms with Gasteiger partial charge in [0.15, 0.2) is 0 Å². The van der Waals surface area contributed by atoms with Crippen LogP contribution in [0.1, 0.15) is 65.4 Å². The lowest BCUT2D eigenvalue weighted by Gasteiger charge is -2.26. The fourth-order valence-corrected chi connectivity index (χ4v) is 3.95. The maximum absolute atomic E-state index is 13.3. The summed E-state index contributed by atoms with van der Waals surface area (Å²) in [5, 5.41) is 17.6. The molecular formula is C27H45N5O5. The summed E-state index contributed by atoms with van der Waals surface area (Å²) in [7, 11) is 0. The van der Waals surface area contributed by atoms with Crippen LogP contribution >= 0.6 is 0 Å². The minimum absolute atomic E-state index is 0.0424. The van der Waals surface area contributed by atoms with E-state index in [1.165, 1.54) is 0 Å². The van der Waals surface area contributed by atoms with Crippen molar-refractivity contribution >= 4 is 23.7 Å². The minimum atomic E-state index is -1.14. The fraction of sp³-hybridized carbons (Fsp3) is 0.630. The number of carboxylic acid groups (broad SMARTS) is 1. The molecule has 0 heterocycles. The third kappa shape index (κ3) is 12.7. The van der Waals surface area contributed by atoms with Gasteiger partial charge in [0, 0.05) is 6.42 Å². The predicted octanol–water partition coefficient (Wildman–Crippen LogP) is 1.32. The van der Waals surface area contributed by atoms with Crippen molar-refractivity contribution in [3.8, 4) is 0 Å². The highest BCUT2D eigenvalue weighted by atomic mass is 16.4. The van der Waals surface area contributed by atoms with Gasteiger partial charge in [-0.2, -0.15) is 0 Å². The van der Waals surface area contributed by atoms with Crippen LogP contribution < -0.4 is 27.4 Å². The second-order valence-corrected chi connectivity index (χ2v) is 10.4. The zero-order valence-corrected chi connectivity index (χ0v) is 22.5. The molecule has 4 atom stereocenters. The molecule has 0 spiro atoms. The van der Waals surface area contributed by atoms with Gasteiger partial charge in [0.25, 0.3) is 0 Å². The molecule has 208 valence electrons. The average Bonchev–Trinajstić information content (AvgIpc) is 2.82.